The van der Waals surface area contributed by atoms with E-state index in [2.05, 4.69) is 40.8 Å². The predicted octanol–water partition coefficient (Wildman–Crippen LogP) is 6.31. The molecule has 0 spiro atoms. The van der Waals surface area contributed by atoms with E-state index in [9.17, 15) is 24.0 Å². The second-order valence-corrected chi connectivity index (χ2v) is 13.9. The Morgan fingerprint density at radius 2 is 1.64 bits per heavy atom. The number of rotatable bonds is 17. The summed E-state index contributed by atoms with van der Waals surface area (Å²) in [4.78, 5) is 71.5. The van der Waals surface area contributed by atoms with E-state index in [1.807, 2.05) is 42.5 Å². The molecule has 1 aliphatic heterocycles. The molecular weight excluding hydrogens is 672 g/mol. The number of piperidine rings is 1. The number of amides is 1. The first-order valence-corrected chi connectivity index (χ1v) is 17.8. The van der Waals surface area contributed by atoms with Gasteiger partial charge in [-0.05, 0) is 72.9 Å². The van der Waals surface area contributed by atoms with E-state index in [0.29, 0.717) is 42.9 Å². The van der Waals surface area contributed by atoms with Crippen molar-refractivity contribution in [2.45, 2.75) is 64.5 Å². The van der Waals surface area contributed by atoms with Gasteiger partial charge in [0, 0.05) is 56.7 Å². The van der Waals surface area contributed by atoms with E-state index in [0.717, 1.165) is 42.5 Å². The van der Waals surface area contributed by atoms with Crippen LogP contribution in [0.15, 0.2) is 79.0 Å². The van der Waals surface area contributed by atoms with Gasteiger partial charge in [-0.1, -0.05) is 44.2 Å². The number of nitrogens with zero attached hydrogens (tertiary/aromatic N) is 4. The van der Waals surface area contributed by atoms with Crippen LogP contribution in [0, 0.1) is 5.92 Å². The molecule has 1 aromatic heterocycles. The third kappa shape index (κ3) is 9.40. The fraction of sp³-hybridized carbons (Fsp3) is 0.357. The number of hydrogen-bond donors (Lipinski definition) is 0. The summed E-state index contributed by atoms with van der Waals surface area (Å²) < 4.78 is 12.2. The van der Waals surface area contributed by atoms with Crippen molar-refractivity contribution < 1.29 is 33.4 Å². The minimum absolute atomic E-state index is 0.159. The maximum atomic E-state index is 13.4. The standard InChI is InChI=1S/C42H46N4O7/c1-29(50)40-43-21-20-33(44-40)28-53-36-18-14-32(15-19-36)42(2,3)31-12-16-35(17-13-31)52-27-30-8-6-22-46(24-30)39-11-5-10-37(38(39)26-49)41(51)45(4)34(25-48)9-7-23-47/h5,10-21,23,25-26,30,34H,6-9,22,24,27-28H2,1-4H3. The summed E-state index contributed by atoms with van der Waals surface area (Å²) in [5.74, 6) is 1.22. The Morgan fingerprint density at radius 3 is 2.26 bits per heavy atom. The van der Waals surface area contributed by atoms with E-state index >= 15 is 0 Å². The summed E-state index contributed by atoms with van der Waals surface area (Å²) in [6, 6.07) is 22.3. The minimum Gasteiger partial charge on any atom is -0.493 e. The second-order valence-electron chi connectivity index (χ2n) is 13.9. The van der Waals surface area contributed by atoms with Crippen LogP contribution in [-0.4, -0.2) is 78.2 Å². The van der Waals surface area contributed by atoms with Crippen LogP contribution >= 0.6 is 0 Å². The van der Waals surface area contributed by atoms with Gasteiger partial charge in [0.15, 0.2) is 17.9 Å². The van der Waals surface area contributed by atoms with Gasteiger partial charge in [-0.2, -0.15) is 0 Å². The molecule has 11 nitrogen and oxygen atoms in total. The van der Waals surface area contributed by atoms with Crippen LogP contribution in [0.4, 0.5) is 5.69 Å². The number of ketones is 1. The molecule has 2 atom stereocenters. The summed E-state index contributed by atoms with van der Waals surface area (Å²) in [6.07, 6.45) is 5.89. The molecule has 0 aliphatic carbocycles. The van der Waals surface area contributed by atoms with Crippen molar-refractivity contribution in [1.29, 1.82) is 0 Å². The molecule has 1 saturated heterocycles. The molecule has 11 heteroatoms. The fourth-order valence-electron chi connectivity index (χ4n) is 6.61. The number of aldehydes is 3. The number of carbonyl (C=O) groups is 5. The van der Waals surface area contributed by atoms with E-state index in [1.54, 1.807) is 24.4 Å². The Hall–Kier alpha value is -5.71. The number of likely N-dealkylation sites (N-methyl/N-ethyl adjacent to an activating group) is 1. The van der Waals surface area contributed by atoms with Crippen LogP contribution in [0.1, 0.15) is 94.6 Å². The lowest BCUT2D eigenvalue weighted by Gasteiger charge is -2.35. The highest BCUT2D eigenvalue weighted by Gasteiger charge is 2.28. The average Bonchev–Trinajstić information content (AvgIpc) is 3.19. The van der Waals surface area contributed by atoms with E-state index in [4.69, 9.17) is 9.47 Å². The Bertz CT molecular complexity index is 1910. The normalized spacial score (nSPS) is 14.9. The third-order valence-corrected chi connectivity index (χ3v) is 9.90. The van der Waals surface area contributed by atoms with Gasteiger partial charge in [0.25, 0.3) is 5.91 Å². The van der Waals surface area contributed by atoms with Gasteiger partial charge in [-0.3, -0.25) is 14.4 Å². The number of benzene rings is 3. The molecule has 1 fully saturated rings. The summed E-state index contributed by atoms with van der Waals surface area (Å²) >= 11 is 0. The van der Waals surface area contributed by atoms with Crippen molar-refractivity contribution in [3.05, 3.63) is 113 Å². The fourth-order valence-corrected chi connectivity index (χ4v) is 6.61. The van der Waals surface area contributed by atoms with Crippen LogP contribution in [-0.2, 0) is 21.6 Å². The van der Waals surface area contributed by atoms with Crippen molar-refractivity contribution in [3.8, 4) is 11.5 Å². The molecule has 3 aromatic carbocycles. The van der Waals surface area contributed by atoms with Crippen LogP contribution in [0.2, 0.25) is 0 Å². The average molecular weight is 719 g/mol. The highest BCUT2D eigenvalue weighted by Crippen LogP contribution is 2.34. The topological polar surface area (TPSA) is 136 Å². The molecule has 0 radical (unpaired) electrons. The van der Waals surface area contributed by atoms with Crippen LogP contribution in [0.3, 0.4) is 0 Å². The SMILES string of the molecule is CC(=O)c1nccc(COc2ccc(C(C)(C)c3ccc(OCC4CCCN(c5cccc(C(=O)N(C)C(C=O)CCC=O)c5C=O)C4)cc3)cc2)n1. The number of ether oxygens (including phenoxy) is 2. The summed E-state index contributed by atoms with van der Waals surface area (Å²) in [5.41, 5.74) is 3.80. The summed E-state index contributed by atoms with van der Waals surface area (Å²) in [7, 11) is 1.51. The summed E-state index contributed by atoms with van der Waals surface area (Å²) in [5, 5.41) is 0. The molecule has 276 valence electrons. The zero-order chi connectivity index (χ0) is 38.0. The number of aromatic nitrogens is 2. The monoisotopic (exact) mass is 718 g/mol. The molecule has 1 amide bonds. The largest absolute Gasteiger partial charge is 0.493 e. The van der Waals surface area contributed by atoms with Crippen molar-refractivity contribution in [3.63, 3.8) is 0 Å². The quantitative estimate of drug-likeness (QED) is 0.0903. The van der Waals surface area contributed by atoms with Gasteiger partial charge in [0.05, 0.1) is 29.5 Å². The van der Waals surface area contributed by atoms with E-state index in [1.165, 1.54) is 18.9 Å². The molecule has 0 bridgehead atoms. The van der Waals surface area contributed by atoms with Crippen molar-refractivity contribution >= 4 is 36.2 Å². The molecule has 1 aliphatic rings. The Labute approximate surface area is 310 Å². The van der Waals surface area contributed by atoms with Crippen molar-refractivity contribution in [1.82, 2.24) is 14.9 Å². The molecule has 0 saturated carbocycles. The number of Topliss-reactive ketones (excluding diaryl/α,β-unsaturated/α-hetero) is 1. The van der Waals surface area contributed by atoms with Crippen molar-refractivity contribution in [2.75, 3.05) is 31.6 Å². The molecule has 4 aromatic rings. The smallest absolute Gasteiger partial charge is 0.255 e. The Kier molecular flexibility index (Phi) is 12.8. The highest BCUT2D eigenvalue weighted by atomic mass is 16.5. The number of hydrogen-bond acceptors (Lipinski definition) is 10. The zero-order valence-electron chi connectivity index (χ0n) is 30.7. The lowest BCUT2D eigenvalue weighted by atomic mass is 9.78. The van der Waals surface area contributed by atoms with Gasteiger partial charge >= 0.3 is 0 Å². The van der Waals surface area contributed by atoms with Crippen molar-refractivity contribution in [2.24, 2.45) is 5.92 Å². The van der Waals surface area contributed by atoms with Crippen LogP contribution in [0.5, 0.6) is 11.5 Å². The molecule has 0 N–H and O–H groups in total. The number of carbonyl (C=O) groups excluding carboxylic acids is 5. The number of anilines is 1. The van der Waals surface area contributed by atoms with Gasteiger partial charge in [0.1, 0.15) is 30.7 Å². The Balaban J connectivity index is 1.18. The lowest BCUT2D eigenvalue weighted by Crippen LogP contribution is -2.40. The predicted molar refractivity (Wildman–Crippen MR) is 201 cm³/mol. The van der Waals surface area contributed by atoms with Gasteiger partial charge in [-0.15, -0.1) is 0 Å². The minimum atomic E-state index is -0.758. The third-order valence-electron chi connectivity index (χ3n) is 9.90. The van der Waals surface area contributed by atoms with Gasteiger partial charge in [0.2, 0.25) is 0 Å². The highest BCUT2D eigenvalue weighted by molar-refractivity contribution is 6.05. The molecule has 2 unspecified atom stereocenters. The first-order chi connectivity index (χ1) is 25.5. The molecule has 2 heterocycles. The van der Waals surface area contributed by atoms with Gasteiger partial charge in [-0.25, -0.2) is 9.97 Å². The molecular formula is C42H46N4O7. The first kappa shape index (κ1) is 38.5. The van der Waals surface area contributed by atoms with E-state index < -0.39 is 11.9 Å². The maximum Gasteiger partial charge on any atom is 0.255 e. The summed E-state index contributed by atoms with van der Waals surface area (Å²) in [6.45, 7) is 7.90. The van der Waals surface area contributed by atoms with Gasteiger partial charge < -0.3 is 28.9 Å². The molecule has 5 rings (SSSR count). The zero-order valence-corrected chi connectivity index (χ0v) is 30.7. The van der Waals surface area contributed by atoms with Crippen LogP contribution < -0.4 is 14.4 Å². The molecule has 53 heavy (non-hydrogen) atoms. The van der Waals surface area contributed by atoms with E-state index in [-0.39, 0.29) is 53.5 Å². The first-order valence-electron chi connectivity index (χ1n) is 17.8. The second kappa shape index (κ2) is 17.7. The Morgan fingerprint density at radius 1 is 0.962 bits per heavy atom. The maximum absolute atomic E-state index is 13.4. The van der Waals surface area contributed by atoms with Crippen LogP contribution in [0.25, 0.3) is 0 Å². The lowest BCUT2D eigenvalue weighted by molar-refractivity contribution is -0.112.